The summed E-state index contributed by atoms with van der Waals surface area (Å²) in [4.78, 5) is 12.9. The van der Waals surface area contributed by atoms with Gasteiger partial charge in [0.25, 0.3) is 0 Å². The van der Waals surface area contributed by atoms with Gasteiger partial charge < -0.3 is 16.0 Å². The van der Waals surface area contributed by atoms with Crippen molar-refractivity contribution in [3.8, 4) is 0 Å². The molecule has 1 aromatic carbocycles. The first-order chi connectivity index (χ1) is 8.36. The van der Waals surface area contributed by atoms with Crippen molar-refractivity contribution in [1.29, 1.82) is 0 Å². The topological polar surface area (TPSA) is 58.4 Å². The quantitative estimate of drug-likeness (QED) is 0.801. The number of carbonyl (C=O) groups excluding carboxylic acids is 1. The van der Waals surface area contributed by atoms with E-state index in [9.17, 15) is 13.6 Å². The summed E-state index contributed by atoms with van der Waals surface area (Å²) in [6.07, 6.45) is 0. The van der Waals surface area contributed by atoms with E-state index < -0.39 is 11.6 Å². The first-order valence-corrected chi connectivity index (χ1v) is 5.54. The second kappa shape index (κ2) is 5.66. The van der Waals surface area contributed by atoms with E-state index in [2.05, 4.69) is 5.32 Å². The van der Waals surface area contributed by atoms with Crippen molar-refractivity contribution in [3.63, 3.8) is 0 Å². The highest BCUT2D eigenvalue weighted by molar-refractivity contribution is 5.79. The van der Waals surface area contributed by atoms with Crippen molar-refractivity contribution >= 4 is 17.3 Å². The number of carbonyl (C=O) groups is 1. The number of amides is 1. The normalized spacial score (nSPS) is 12.1. The van der Waals surface area contributed by atoms with Crippen LogP contribution >= 0.6 is 0 Å². The van der Waals surface area contributed by atoms with E-state index in [1.807, 2.05) is 0 Å². The summed E-state index contributed by atoms with van der Waals surface area (Å²) in [5, 5.41) is 2.51. The summed E-state index contributed by atoms with van der Waals surface area (Å²) in [5.74, 6) is -1.95. The maximum Gasteiger partial charge on any atom is 0.224 e. The molecule has 1 amide bonds. The van der Waals surface area contributed by atoms with Crippen LogP contribution in [0.25, 0.3) is 0 Å². The van der Waals surface area contributed by atoms with Crippen molar-refractivity contribution in [3.05, 3.63) is 23.8 Å². The van der Waals surface area contributed by atoms with E-state index in [-0.39, 0.29) is 23.2 Å². The number of anilines is 2. The Labute approximate surface area is 105 Å². The molecule has 1 aromatic rings. The Morgan fingerprint density at radius 2 is 2.11 bits per heavy atom. The molecule has 1 rings (SSSR count). The van der Waals surface area contributed by atoms with Gasteiger partial charge in [-0.05, 0) is 6.07 Å². The molecule has 0 spiro atoms. The summed E-state index contributed by atoms with van der Waals surface area (Å²) in [7, 11) is 3.17. The number of nitrogen functional groups attached to an aromatic ring is 1. The number of nitrogens with one attached hydrogen (secondary N) is 1. The maximum atomic E-state index is 13.3. The van der Waals surface area contributed by atoms with Crippen molar-refractivity contribution < 1.29 is 13.6 Å². The molecule has 100 valence electrons. The Balaban J connectivity index is 2.91. The number of nitrogens with zero attached hydrogens (tertiary/aromatic N) is 1. The van der Waals surface area contributed by atoms with Gasteiger partial charge in [-0.1, -0.05) is 6.92 Å². The lowest BCUT2D eigenvalue weighted by Gasteiger charge is -2.24. The molecule has 0 saturated heterocycles. The Morgan fingerprint density at radius 1 is 1.50 bits per heavy atom. The molecule has 0 heterocycles. The van der Waals surface area contributed by atoms with Crippen LogP contribution in [0.1, 0.15) is 6.92 Å². The number of hydrogen-bond donors (Lipinski definition) is 2. The predicted molar refractivity (Wildman–Crippen MR) is 67.3 cm³/mol. The Morgan fingerprint density at radius 3 is 2.67 bits per heavy atom. The molecule has 0 aliphatic heterocycles. The molecule has 0 bridgehead atoms. The van der Waals surface area contributed by atoms with Gasteiger partial charge in [0, 0.05) is 26.7 Å². The van der Waals surface area contributed by atoms with Crippen LogP contribution in [0.2, 0.25) is 0 Å². The zero-order valence-corrected chi connectivity index (χ0v) is 10.6. The van der Waals surface area contributed by atoms with Gasteiger partial charge in [0.05, 0.1) is 17.3 Å². The lowest BCUT2D eigenvalue weighted by molar-refractivity contribution is -0.123. The van der Waals surface area contributed by atoms with Crippen LogP contribution in [-0.2, 0) is 4.79 Å². The molecule has 1 unspecified atom stereocenters. The van der Waals surface area contributed by atoms with E-state index in [1.165, 1.54) is 7.05 Å². The second-order valence-electron chi connectivity index (χ2n) is 4.22. The van der Waals surface area contributed by atoms with Crippen molar-refractivity contribution in [2.24, 2.45) is 5.92 Å². The number of hydrogen-bond acceptors (Lipinski definition) is 3. The van der Waals surface area contributed by atoms with E-state index in [4.69, 9.17) is 5.73 Å². The van der Waals surface area contributed by atoms with E-state index in [0.29, 0.717) is 6.54 Å². The standard InChI is InChI=1S/C12H17F2N3O/c1-7(12(18)16-2)6-17(3)10-5-8(13)4-9(14)11(10)15/h4-5,7H,6,15H2,1-3H3,(H,16,18). The molecule has 0 saturated carbocycles. The van der Waals surface area contributed by atoms with Crippen LogP contribution in [0.15, 0.2) is 12.1 Å². The molecule has 3 N–H and O–H groups in total. The Bertz CT molecular complexity index is 451. The minimum absolute atomic E-state index is 0.122. The van der Waals surface area contributed by atoms with Gasteiger partial charge in [0.2, 0.25) is 5.91 Å². The zero-order chi connectivity index (χ0) is 13.9. The summed E-state index contributed by atoms with van der Waals surface area (Å²) in [6.45, 7) is 2.04. The summed E-state index contributed by atoms with van der Waals surface area (Å²) in [6, 6.07) is 1.88. The first-order valence-electron chi connectivity index (χ1n) is 5.54. The molecular weight excluding hydrogens is 240 g/mol. The molecule has 0 aliphatic rings. The van der Waals surface area contributed by atoms with Gasteiger partial charge in [0.15, 0.2) is 5.82 Å². The summed E-state index contributed by atoms with van der Waals surface area (Å²) < 4.78 is 26.4. The first kappa shape index (κ1) is 14.2. The van der Waals surface area contributed by atoms with Crippen LogP contribution in [0.3, 0.4) is 0 Å². The molecule has 0 fully saturated rings. The maximum absolute atomic E-state index is 13.3. The fraction of sp³-hybridized carbons (Fsp3) is 0.417. The number of nitrogens with two attached hydrogens (primary N) is 1. The minimum Gasteiger partial charge on any atom is -0.395 e. The monoisotopic (exact) mass is 257 g/mol. The summed E-state index contributed by atoms with van der Waals surface area (Å²) >= 11 is 0. The largest absolute Gasteiger partial charge is 0.395 e. The fourth-order valence-corrected chi connectivity index (χ4v) is 1.73. The highest BCUT2D eigenvalue weighted by Crippen LogP contribution is 2.26. The minimum atomic E-state index is -0.801. The van der Waals surface area contributed by atoms with Crippen LogP contribution < -0.4 is 16.0 Å². The summed E-state index contributed by atoms with van der Waals surface area (Å²) in [5.41, 5.74) is 5.67. The molecule has 4 nitrogen and oxygen atoms in total. The van der Waals surface area contributed by atoms with Crippen molar-refractivity contribution in [2.75, 3.05) is 31.3 Å². The highest BCUT2D eigenvalue weighted by atomic mass is 19.1. The number of halogens is 2. The van der Waals surface area contributed by atoms with Gasteiger partial charge in [-0.15, -0.1) is 0 Å². The zero-order valence-electron chi connectivity index (χ0n) is 10.6. The third-order valence-electron chi connectivity index (χ3n) is 2.73. The molecule has 0 radical (unpaired) electrons. The molecule has 1 atom stereocenters. The average molecular weight is 257 g/mol. The van der Waals surface area contributed by atoms with Gasteiger partial charge in [0.1, 0.15) is 5.82 Å². The highest BCUT2D eigenvalue weighted by Gasteiger charge is 2.17. The molecule has 0 aliphatic carbocycles. The van der Waals surface area contributed by atoms with Crippen LogP contribution in [0, 0.1) is 17.6 Å². The van der Waals surface area contributed by atoms with Crippen LogP contribution in [0.5, 0.6) is 0 Å². The molecule has 18 heavy (non-hydrogen) atoms. The Hall–Kier alpha value is -1.85. The van der Waals surface area contributed by atoms with Crippen molar-refractivity contribution in [1.82, 2.24) is 5.32 Å². The van der Waals surface area contributed by atoms with Crippen LogP contribution in [0.4, 0.5) is 20.2 Å². The molecular formula is C12H17F2N3O. The third kappa shape index (κ3) is 3.09. The number of rotatable bonds is 4. The van der Waals surface area contributed by atoms with E-state index in [0.717, 1.165) is 12.1 Å². The van der Waals surface area contributed by atoms with E-state index in [1.54, 1.807) is 18.9 Å². The molecule has 0 aromatic heterocycles. The lowest BCUT2D eigenvalue weighted by Crippen LogP contribution is -2.34. The third-order valence-corrected chi connectivity index (χ3v) is 2.73. The van der Waals surface area contributed by atoms with Gasteiger partial charge in [-0.2, -0.15) is 0 Å². The Kier molecular flexibility index (Phi) is 4.47. The molecule has 6 heteroatoms. The second-order valence-corrected chi connectivity index (χ2v) is 4.22. The van der Waals surface area contributed by atoms with Crippen molar-refractivity contribution in [2.45, 2.75) is 6.92 Å². The SMILES string of the molecule is CNC(=O)C(C)CN(C)c1cc(F)cc(F)c1N. The fourth-order valence-electron chi connectivity index (χ4n) is 1.73. The van der Waals surface area contributed by atoms with Crippen LogP contribution in [-0.4, -0.2) is 26.5 Å². The van der Waals surface area contributed by atoms with E-state index >= 15 is 0 Å². The van der Waals surface area contributed by atoms with Gasteiger partial charge in [-0.25, -0.2) is 8.78 Å². The predicted octanol–water partition coefficient (Wildman–Crippen LogP) is 1.37. The number of benzene rings is 1. The smallest absolute Gasteiger partial charge is 0.224 e. The lowest BCUT2D eigenvalue weighted by atomic mass is 10.1. The average Bonchev–Trinajstić information content (AvgIpc) is 2.32. The van der Waals surface area contributed by atoms with Gasteiger partial charge in [-0.3, -0.25) is 4.79 Å². The van der Waals surface area contributed by atoms with Gasteiger partial charge >= 0.3 is 0 Å².